The van der Waals surface area contributed by atoms with Crippen LogP contribution in [0.2, 0.25) is 18.1 Å². The summed E-state index contributed by atoms with van der Waals surface area (Å²) in [5.74, 6) is 0. The molecule has 0 amide bonds. The van der Waals surface area contributed by atoms with Gasteiger partial charge in [-0.15, -0.1) is 0 Å². The highest BCUT2D eigenvalue weighted by Crippen LogP contribution is 2.37. The lowest BCUT2D eigenvalue weighted by atomic mass is 10.2. The average Bonchev–Trinajstić information content (AvgIpc) is 2.42. The summed E-state index contributed by atoms with van der Waals surface area (Å²) in [5.41, 5.74) is 0.951. The van der Waals surface area contributed by atoms with Crippen molar-refractivity contribution in [3.8, 4) is 0 Å². The van der Waals surface area contributed by atoms with Crippen LogP contribution in [-0.4, -0.2) is 36.1 Å². The van der Waals surface area contributed by atoms with Gasteiger partial charge >= 0.3 is 0 Å². The molecule has 132 valence electrons. The molecule has 0 unspecified atom stereocenters. The van der Waals surface area contributed by atoms with Crippen molar-refractivity contribution < 1.29 is 21.4 Å². The van der Waals surface area contributed by atoms with E-state index in [1.807, 2.05) is 40.8 Å². The van der Waals surface area contributed by atoms with Crippen LogP contribution in [0.4, 0.5) is 4.39 Å². The minimum absolute atomic E-state index is 0.0630. The minimum Gasteiger partial charge on any atom is -0.409 e. The van der Waals surface area contributed by atoms with Crippen LogP contribution in [0.5, 0.6) is 0 Å². The lowest BCUT2D eigenvalue weighted by Crippen LogP contribution is -2.45. The Balaban J connectivity index is 2.76. The number of hydrogen-bond acceptors (Lipinski definition) is 4. The summed E-state index contributed by atoms with van der Waals surface area (Å²) in [5, 5.41) is -0.0871. The second kappa shape index (κ2) is 7.42. The molecule has 0 radical (unpaired) electrons. The standard InChI is InChI=1S/C16H27FO4SSi/c1-13-7-9-15(10-8-13)22(18,19)20-12-14(11-17)21-23(5,6)16(2,3)4/h7-10,14H,11-12H2,1-6H3/t14-/m1/s1. The SMILES string of the molecule is Cc1ccc(S(=O)(=O)OC[C@@H](CF)O[Si](C)(C)C(C)(C)C)cc1. The molecule has 0 aliphatic rings. The van der Waals surface area contributed by atoms with Crippen LogP contribution >= 0.6 is 0 Å². The second-order valence-electron chi connectivity index (χ2n) is 7.21. The molecule has 0 aliphatic heterocycles. The van der Waals surface area contributed by atoms with Crippen LogP contribution in [0.3, 0.4) is 0 Å². The first kappa shape index (κ1) is 20.3. The lowest BCUT2D eigenvalue weighted by molar-refractivity contribution is 0.0946. The zero-order valence-electron chi connectivity index (χ0n) is 14.7. The largest absolute Gasteiger partial charge is 0.409 e. The third-order valence-corrected chi connectivity index (χ3v) is 9.99. The highest BCUT2D eigenvalue weighted by molar-refractivity contribution is 7.86. The van der Waals surface area contributed by atoms with Crippen molar-refractivity contribution in [2.24, 2.45) is 0 Å². The molecule has 1 atom stereocenters. The van der Waals surface area contributed by atoms with Crippen LogP contribution in [-0.2, 0) is 18.7 Å². The van der Waals surface area contributed by atoms with E-state index in [0.29, 0.717) is 0 Å². The Labute approximate surface area is 140 Å². The van der Waals surface area contributed by atoms with Gasteiger partial charge in [-0.1, -0.05) is 38.5 Å². The maximum Gasteiger partial charge on any atom is 0.297 e. The van der Waals surface area contributed by atoms with Crippen LogP contribution in [0.15, 0.2) is 29.2 Å². The van der Waals surface area contributed by atoms with Gasteiger partial charge in [0, 0.05) is 0 Å². The Morgan fingerprint density at radius 2 is 1.70 bits per heavy atom. The first-order valence-corrected chi connectivity index (χ1v) is 11.9. The number of hydrogen-bond donors (Lipinski definition) is 0. The third-order valence-electron chi connectivity index (χ3n) is 4.16. The Morgan fingerprint density at radius 3 is 2.13 bits per heavy atom. The number of halogens is 1. The smallest absolute Gasteiger partial charge is 0.297 e. The molecule has 1 rings (SSSR count). The van der Waals surface area contributed by atoms with Crippen molar-refractivity contribution >= 4 is 18.4 Å². The molecule has 23 heavy (non-hydrogen) atoms. The molecular formula is C16H27FO4SSi. The van der Waals surface area contributed by atoms with Gasteiger partial charge < -0.3 is 4.43 Å². The molecular weight excluding hydrogens is 335 g/mol. The molecule has 1 aromatic rings. The fraction of sp³-hybridized carbons (Fsp3) is 0.625. The molecule has 1 aromatic carbocycles. The average molecular weight is 363 g/mol. The van der Waals surface area contributed by atoms with E-state index in [0.717, 1.165) is 5.56 Å². The van der Waals surface area contributed by atoms with Crippen molar-refractivity contribution in [1.82, 2.24) is 0 Å². The molecule has 0 saturated carbocycles. The second-order valence-corrected chi connectivity index (χ2v) is 13.6. The van der Waals surface area contributed by atoms with Crippen molar-refractivity contribution in [2.45, 2.75) is 56.8 Å². The van der Waals surface area contributed by atoms with Crippen LogP contribution in [0, 0.1) is 6.92 Å². The first-order valence-electron chi connectivity index (χ1n) is 7.59. The zero-order valence-corrected chi connectivity index (χ0v) is 16.5. The summed E-state index contributed by atoms with van der Waals surface area (Å²) < 4.78 is 48.4. The summed E-state index contributed by atoms with van der Waals surface area (Å²) in [6.45, 7) is 10.9. The van der Waals surface area contributed by atoms with E-state index in [1.165, 1.54) is 12.1 Å². The van der Waals surface area contributed by atoms with Crippen LogP contribution in [0.1, 0.15) is 26.3 Å². The van der Waals surface area contributed by atoms with E-state index in [-0.39, 0.29) is 16.5 Å². The fourth-order valence-electron chi connectivity index (χ4n) is 1.64. The van der Waals surface area contributed by atoms with E-state index >= 15 is 0 Å². The molecule has 0 saturated heterocycles. The molecule has 0 N–H and O–H groups in total. The summed E-state index contributed by atoms with van der Waals surface area (Å²) in [7, 11) is -6.09. The maximum atomic E-state index is 13.2. The van der Waals surface area contributed by atoms with Gasteiger partial charge in [0.15, 0.2) is 8.32 Å². The van der Waals surface area contributed by atoms with Gasteiger partial charge in [0.25, 0.3) is 10.1 Å². The summed E-state index contributed by atoms with van der Waals surface area (Å²) >= 11 is 0. The number of rotatable bonds is 7. The Bertz CT molecular complexity index is 606. The predicted molar refractivity (Wildman–Crippen MR) is 92.4 cm³/mol. The van der Waals surface area contributed by atoms with Gasteiger partial charge in [0.05, 0.1) is 17.6 Å². The molecule has 0 spiro atoms. The van der Waals surface area contributed by atoms with Crippen LogP contribution < -0.4 is 0 Å². The quantitative estimate of drug-likeness (QED) is 0.542. The first-order chi connectivity index (χ1) is 10.4. The molecule has 0 fully saturated rings. The Morgan fingerprint density at radius 1 is 1.17 bits per heavy atom. The van der Waals surface area contributed by atoms with E-state index < -0.39 is 31.2 Å². The molecule has 7 heteroatoms. The van der Waals surface area contributed by atoms with Gasteiger partial charge in [-0.25, -0.2) is 4.39 Å². The Kier molecular flexibility index (Phi) is 6.54. The minimum atomic E-state index is -3.90. The van der Waals surface area contributed by atoms with Gasteiger partial charge in [0.2, 0.25) is 0 Å². The topological polar surface area (TPSA) is 52.6 Å². The third kappa shape index (κ3) is 5.67. The fourth-order valence-corrected chi connectivity index (χ4v) is 3.90. The number of alkyl halides is 1. The maximum absolute atomic E-state index is 13.2. The van der Waals surface area contributed by atoms with Crippen molar-refractivity contribution in [3.63, 3.8) is 0 Å². The van der Waals surface area contributed by atoms with Crippen molar-refractivity contribution in [3.05, 3.63) is 29.8 Å². The molecule has 4 nitrogen and oxygen atoms in total. The number of aryl methyl sites for hydroxylation is 1. The van der Waals surface area contributed by atoms with Crippen molar-refractivity contribution in [2.75, 3.05) is 13.3 Å². The van der Waals surface area contributed by atoms with Crippen LogP contribution in [0.25, 0.3) is 0 Å². The number of benzene rings is 1. The molecule has 0 aromatic heterocycles. The van der Waals surface area contributed by atoms with Gasteiger partial charge in [0.1, 0.15) is 6.67 Å². The van der Waals surface area contributed by atoms with E-state index in [2.05, 4.69) is 0 Å². The highest BCUT2D eigenvalue weighted by atomic mass is 32.2. The monoisotopic (exact) mass is 362 g/mol. The summed E-state index contributed by atoms with van der Waals surface area (Å²) in [4.78, 5) is 0.0630. The van der Waals surface area contributed by atoms with E-state index in [9.17, 15) is 12.8 Å². The van der Waals surface area contributed by atoms with Gasteiger partial charge in [-0.05, 0) is 37.2 Å². The summed E-state index contributed by atoms with van der Waals surface area (Å²) in [6, 6.07) is 6.33. The van der Waals surface area contributed by atoms with E-state index in [4.69, 9.17) is 8.61 Å². The summed E-state index contributed by atoms with van der Waals surface area (Å²) in [6.07, 6.45) is -0.879. The predicted octanol–water partition coefficient (Wildman–Crippen LogP) is 4.06. The Hall–Kier alpha value is -0.763. The highest BCUT2D eigenvalue weighted by Gasteiger charge is 2.39. The zero-order chi connectivity index (χ0) is 17.9. The molecule has 0 bridgehead atoms. The van der Waals surface area contributed by atoms with Gasteiger partial charge in [-0.3, -0.25) is 4.18 Å². The lowest BCUT2D eigenvalue weighted by Gasteiger charge is -2.38. The normalized spacial score (nSPS) is 14.7. The van der Waals surface area contributed by atoms with E-state index in [1.54, 1.807) is 12.1 Å². The van der Waals surface area contributed by atoms with Gasteiger partial charge in [-0.2, -0.15) is 8.42 Å². The molecule has 0 heterocycles. The molecule has 0 aliphatic carbocycles. The van der Waals surface area contributed by atoms with Crippen molar-refractivity contribution in [1.29, 1.82) is 0 Å².